The fraction of sp³-hybridized carbons (Fsp3) is 0.333. The number of ether oxygens (including phenoxy) is 2. The maximum absolute atomic E-state index is 14.0. The largest absolute Gasteiger partial charge is 0.460 e. The van der Waals surface area contributed by atoms with Gasteiger partial charge in [-0.15, -0.1) is 0 Å². The van der Waals surface area contributed by atoms with Gasteiger partial charge in [-0.25, -0.2) is 0 Å². The van der Waals surface area contributed by atoms with Crippen LogP contribution in [0, 0.1) is 0 Å². The van der Waals surface area contributed by atoms with Crippen LogP contribution in [0.3, 0.4) is 0 Å². The van der Waals surface area contributed by atoms with E-state index < -0.39 is 23.2 Å². The molecule has 3 aromatic carbocycles. The van der Waals surface area contributed by atoms with Gasteiger partial charge >= 0.3 is 5.97 Å². The molecule has 1 aliphatic heterocycles. The lowest BCUT2D eigenvalue weighted by molar-refractivity contribution is -0.157. The Kier molecular flexibility index (Phi) is 8.85. The monoisotopic (exact) mass is 580 g/mol. The summed E-state index contributed by atoms with van der Waals surface area (Å²) in [7, 11) is 0. The zero-order chi connectivity index (χ0) is 30.6. The summed E-state index contributed by atoms with van der Waals surface area (Å²) in [6.07, 6.45) is 0.534. The van der Waals surface area contributed by atoms with Gasteiger partial charge in [-0.2, -0.15) is 5.01 Å². The van der Waals surface area contributed by atoms with E-state index in [4.69, 9.17) is 13.9 Å². The Morgan fingerprint density at radius 1 is 0.884 bits per heavy atom. The van der Waals surface area contributed by atoms with Crippen LogP contribution in [0.2, 0.25) is 0 Å². The van der Waals surface area contributed by atoms with Gasteiger partial charge < -0.3 is 13.9 Å². The molecule has 1 saturated heterocycles. The number of rotatable bonds is 9. The fourth-order valence-corrected chi connectivity index (χ4v) is 5.37. The minimum Gasteiger partial charge on any atom is -0.460 e. The van der Waals surface area contributed by atoms with Crippen LogP contribution in [0.1, 0.15) is 58.3 Å². The molecular formula is C36H40N2O5. The number of hydrogen-bond donors (Lipinski definition) is 1. The smallest absolute Gasteiger partial charge is 0.307 e. The second kappa shape index (κ2) is 12.6. The molecule has 5 rings (SSSR count). The first-order valence-electron chi connectivity index (χ1n) is 14.7. The van der Waals surface area contributed by atoms with Crippen LogP contribution < -0.4 is 5.43 Å². The van der Waals surface area contributed by atoms with Crippen molar-refractivity contribution in [3.8, 4) is 22.5 Å². The van der Waals surface area contributed by atoms with Crippen molar-refractivity contribution in [1.82, 2.24) is 10.4 Å². The summed E-state index contributed by atoms with van der Waals surface area (Å²) in [6.45, 7) is 9.73. The second-order valence-corrected chi connectivity index (χ2v) is 12.4. The van der Waals surface area contributed by atoms with Gasteiger partial charge in [0.05, 0.1) is 19.1 Å². The van der Waals surface area contributed by atoms with E-state index in [1.165, 1.54) is 0 Å². The highest BCUT2D eigenvalue weighted by Gasteiger charge is 2.43. The highest BCUT2D eigenvalue weighted by molar-refractivity contribution is 5.87. The molecule has 4 aromatic rings. The molecule has 1 aliphatic rings. The highest BCUT2D eigenvalue weighted by atomic mass is 16.6. The Labute approximate surface area is 253 Å². The first kappa shape index (κ1) is 30.3. The maximum atomic E-state index is 14.0. The molecule has 1 fully saturated rings. The number of esters is 1. The normalized spacial score (nSPS) is 17.4. The molecule has 0 spiro atoms. The summed E-state index contributed by atoms with van der Waals surface area (Å²) in [5, 5.41) is 1.86. The maximum Gasteiger partial charge on any atom is 0.307 e. The third-order valence-corrected chi connectivity index (χ3v) is 7.47. The number of nitrogens with one attached hydrogen (secondary N) is 1. The fourth-order valence-electron chi connectivity index (χ4n) is 5.37. The molecule has 1 amide bonds. The van der Waals surface area contributed by atoms with Gasteiger partial charge in [0, 0.05) is 5.56 Å². The molecule has 0 saturated carbocycles. The number of carbonyl (C=O) groups excluding carboxylic acids is 2. The van der Waals surface area contributed by atoms with Crippen molar-refractivity contribution in [2.45, 2.75) is 70.7 Å². The van der Waals surface area contributed by atoms with Crippen molar-refractivity contribution >= 4 is 11.9 Å². The molecule has 2 atom stereocenters. The molecule has 0 aliphatic carbocycles. The Hall–Kier alpha value is -4.20. The van der Waals surface area contributed by atoms with Crippen LogP contribution in [0.15, 0.2) is 101 Å². The SMILES string of the molecule is CC(C)(C)OC(=O)C[C@H](C(=O)NN1[C@@H](Cc2ccccc2)COC1(C)C)c1ccc(-c2ccc(-c3ccccc3)cc2)o1. The summed E-state index contributed by atoms with van der Waals surface area (Å²) < 4.78 is 17.9. The number of hydrogen-bond acceptors (Lipinski definition) is 6. The number of furan rings is 1. The zero-order valence-corrected chi connectivity index (χ0v) is 25.5. The quantitative estimate of drug-likeness (QED) is 0.212. The third-order valence-electron chi connectivity index (χ3n) is 7.47. The topological polar surface area (TPSA) is 81.0 Å². The van der Waals surface area contributed by atoms with E-state index in [2.05, 4.69) is 29.7 Å². The van der Waals surface area contributed by atoms with E-state index in [9.17, 15) is 9.59 Å². The van der Waals surface area contributed by atoms with Gasteiger partial charge in [0.2, 0.25) is 5.91 Å². The van der Waals surface area contributed by atoms with Crippen LogP contribution in [0.5, 0.6) is 0 Å². The molecule has 1 N–H and O–H groups in total. The lowest BCUT2D eigenvalue weighted by atomic mass is 10.0. The number of benzene rings is 3. The van der Waals surface area contributed by atoms with Crippen molar-refractivity contribution in [2.24, 2.45) is 0 Å². The van der Waals surface area contributed by atoms with E-state index in [1.54, 1.807) is 6.07 Å². The predicted molar refractivity (Wildman–Crippen MR) is 167 cm³/mol. The first-order valence-corrected chi connectivity index (χ1v) is 14.7. The summed E-state index contributed by atoms with van der Waals surface area (Å²) >= 11 is 0. The zero-order valence-electron chi connectivity index (χ0n) is 25.5. The molecule has 1 aromatic heterocycles. The van der Waals surface area contributed by atoms with E-state index in [0.717, 1.165) is 22.3 Å². The van der Waals surface area contributed by atoms with E-state index >= 15 is 0 Å². The number of nitrogens with zero attached hydrogens (tertiary/aromatic N) is 1. The van der Waals surface area contributed by atoms with Crippen LogP contribution in [0.25, 0.3) is 22.5 Å². The minimum atomic E-state index is -0.902. The summed E-state index contributed by atoms with van der Waals surface area (Å²) in [5.74, 6) is -0.731. The van der Waals surface area contributed by atoms with Gasteiger partial charge in [-0.1, -0.05) is 84.9 Å². The molecule has 0 unspecified atom stereocenters. The Bertz CT molecular complexity index is 1520. The Morgan fingerprint density at radius 2 is 1.49 bits per heavy atom. The first-order chi connectivity index (χ1) is 20.5. The number of amides is 1. The standard InChI is InChI=1S/C36H40N2O5/c1-35(2,3)43-33(39)23-30(34(40)37-38-29(24-41-36(38,4)5)22-25-12-8-6-9-13-25)32-21-20-31(42-32)28-18-16-27(17-19-28)26-14-10-7-11-15-26/h6-21,29-30H,22-24H2,1-5H3,(H,37,40)/t29-,30-/m0/s1. The van der Waals surface area contributed by atoms with E-state index in [0.29, 0.717) is 24.5 Å². The lowest BCUT2D eigenvalue weighted by Gasteiger charge is -2.34. The van der Waals surface area contributed by atoms with Crippen LogP contribution in [-0.4, -0.2) is 40.9 Å². The summed E-state index contributed by atoms with van der Waals surface area (Å²) in [5.41, 5.74) is 5.91. The summed E-state index contributed by atoms with van der Waals surface area (Å²) in [4.78, 5) is 26.9. The third kappa shape index (κ3) is 7.61. The van der Waals surface area contributed by atoms with Crippen molar-refractivity contribution in [3.05, 3.63) is 108 Å². The molecule has 0 radical (unpaired) electrons. The van der Waals surface area contributed by atoms with Crippen molar-refractivity contribution in [2.75, 3.05) is 6.61 Å². The van der Waals surface area contributed by atoms with Crippen LogP contribution >= 0.6 is 0 Å². The Balaban J connectivity index is 1.38. The molecule has 7 heteroatoms. The lowest BCUT2D eigenvalue weighted by Crippen LogP contribution is -2.56. The van der Waals surface area contributed by atoms with Gasteiger partial charge in [0.15, 0.2) is 0 Å². The molecule has 224 valence electrons. The van der Waals surface area contributed by atoms with Gasteiger partial charge in [0.1, 0.15) is 28.8 Å². The number of carbonyl (C=O) groups is 2. The van der Waals surface area contributed by atoms with Crippen LogP contribution in [-0.2, 0) is 25.5 Å². The molecule has 2 heterocycles. The van der Waals surface area contributed by atoms with Gasteiger partial charge in [0.25, 0.3) is 0 Å². The molecule has 7 nitrogen and oxygen atoms in total. The average Bonchev–Trinajstić information content (AvgIpc) is 3.57. The average molecular weight is 581 g/mol. The molecule has 0 bridgehead atoms. The minimum absolute atomic E-state index is 0.0844. The van der Waals surface area contributed by atoms with Crippen molar-refractivity contribution < 1.29 is 23.5 Å². The Morgan fingerprint density at radius 3 is 2.14 bits per heavy atom. The van der Waals surface area contributed by atoms with Crippen LogP contribution in [0.4, 0.5) is 0 Å². The second-order valence-electron chi connectivity index (χ2n) is 12.4. The van der Waals surface area contributed by atoms with E-state index in [1.807, 2.05) is 106 Å². The predicted octanol–water partition coefficient (Wildman–Crippen LogP) is 7.14. The van der Waals surface area contributed by atoms with Crippen molar-refractivity contribution in [1.29, 1.82) is 0 Å². The molecular weight excluding hydrogens is 540 g/mol. The number of hydrazine groups is 1. The summed E-state index contributed by atoms with van der Waals surface area (Å²) in [6, 6.07) is 31.8. The van der Waals surface area contributed by atoms with Gasteiger partial charge in [-0.05, 0) is 69.9 Å². The molecule has 43 heavy (non-hydrogen) atoms. The highest BCUT2D eigenvalue weighted by Crippen LogP contribution is 2.32. The van der Waals surface area contributed by atoms with E-state index in [-0.39, 0.29) is 18.4 Å². The van der Waals surface area contributed by atoms with Gasteiger partial charge in [-0.3, -0.25) is 15.0 Å². The van der Waals surface area contributed by atoms with Crippen molar-refractivity contribution in [3.63, 3.8) is 0 Å².